The van der Waals surface area contributed by atoms with Crippen molar-refractivity contribution in [2.45, 2.75) is 0 Å². The number of rotatable bonds is 3. The van der Waals surface area contributed by atoms with Gasteiger partial charge in [-0.25, -0.2) is 8.88 Å². The van der Waals surface area contributed by atoms with Crippen molar-refractivity contribution in [2.75, 3.05) is 7.11 Å². The van der Waals surface area contributed by atoms with E-state index < -0.39 is 16.4 Å². The highest BCUT2D eigenvalue weighted by atomic mass is 31.3. The molecule has 0 spiro atoms. The van der Waals surface area contributed by atoms with Gasteiger partial charge in [-0.3, -0.25) is 4.52 Å². The first-order chi connectivity index (χ1) is 3.98. The normalized spacial score (nSPS) is 17.9. The largest absolute Gasteiger partial charge is 0.478 e. The van der Waals surface area contributed by atoms with E-state index in [-0.39, 0.29) is 0 Å². The predicted molar refractivity (Wildman–Crippen MR) is 29.3 cm³/mol. The van der Waals surface area contributed by atoms with Gasteiger partial charge in [-0.2, -0.15) is 0 Å². The van der Waals surface area contributed by atoms with E-state index in [1.807, 2.05) is 0 Å². The minimum absolute atomic E-state index is 0.916. The van der Waals surface area contributed by atoms with Crippen LogP contribution in [0.25, 0.3) is 0 Å². The minimum Gasteiger partial charge on any atom is -0.328 e. The van der Waals surface area contributed by atoms with E-state index in [1.165, 1.54) is 0 Å². The molecule has 0 aromatic carbocycles. The average Bonchev–Trinajstić information content (AvgIpc) is 1.63. The van der Waals surface area contributed by atoms with Crippen LogP contribution >= 0.6 is 16.4 Å². The highest BCUT2D eigenvalue weighted by Crippen LogP contribution is 2.52. The van der Waals surface area contributed by atoms with E-state index in [4.69, 9.17) is 14.7 Å². The first kappa shape index (κ1) is 9.46. The van der Waals surface area contributed by atoms with E-state index in [9.17, 15) is 4.57 Å². The molecule has 0 bridgehead atoms. The molecule has 56 valence electrons. The van der Waals surface area contributed by atoms with Crippen LogP contribution in [0.15, 0.2) is 0 Å². The van der Waals surface area contributed by atoms with Crippen molar-refractivity contribution in [3.63, 3.8) is 0 Å². The Balaban J connectivity index is 3.73. The Bertz CT molecular complexity index is 120. The van der Waals surface area contributed by atoms with Gasteiger partial charge in [0.25, 0.3) is 0 Å². The molecule has 0 aliphatic rings. The molecule has 0 saturated heterocycles. The molecule has 0 radical (unpaired) electrons. The Morgan fingerprint density at radius 2 is 2.00 bits per heavy atom. The average molecular weight is 176 g/mol. The Kier molecular flexibility index (Phi) is 3.77. The summed E-state index contributed by atoms with van der Waals surface area (Å²) in [6, 6.07) is 0. The van der Waals surface area contributed by atoms with Crippen molar-refractivity contribution in [3.8, 4) is 0 Å². The Morgan fingerprint density at radius 3 is 2.11 bits per heavy atom. The molecule has 3 N–H and O–H groups in total. The van der Waals surface area contributed by atoms with Gasteiger partial charge in [0.15, 0.2) is 0 Å². The first-order valence-electron chi connectivity index (χ1n) is 1.74. The van der Waals surface area contributed by atoms with E-state index >= 15 is 0 Å². The Labute approximate surface area is 52.7 Å². The van der Waals surface area contributed by atoms with Crippen LogP contribution < -0.4 is 0 Å². The van der Waals surface area contributed by atoms with Gasteiger partial charge in [0.05, 0.1) is 0 Å². The van der Waals surface area contributed by atoms with Crippen molar-refractivity contribution in [2.24, 2.45) is 0 Å². The lowest BCUT2D eigenvalue weighted by molar-refractivity contribution is 0.228. The number of phosphoric ester groups is 1. The summed E-state index contributed by atoms with van der Waals surface area (Å²) < 4.78 is 17.7. The standard InChI is InChI=1S/CH6O6P2/c1-6-9(4,5)7-8(2)3/h2-3H,1H3,(H,4,5). The van der Waals surface area contributed by atoms with Crippen LogP contribution in [0.1, 0.15) is 0 Å². The van der Waals surface area contributed by atoms with E-state index in [0.717, 1.165) is 7.11 Å². The highest BCUT2D eigenvalue weighted by molar-refractivity contribution is 7.57. The van der Waals surface area contributed by atoms with Crippen molar-refractivity contribution in [3.05, 3.63) is 0 Å². The summed E-state index contributed by atoms with van der Waals surface area (Å²) in [4.78, 5) is 24.3. The number of phosphoric acid groups is 1. The van der Waals surface area contributed by atoms with E-state index in [0.29, 0.717) is 0 Å². The van der Waals surface area contributed by atoms with E-state index in [1.54, 1.807) is 0 Å². The van der Waals surface area contributed by atoms with Crippen molar-refractivity contribution >= 4 is 16.4 Å². The second-order valence-corrected chi connectivity index (χ2v) is 3.45. The highest BCUT2D eigenvalue weighted by Gasteiger charge is 2.23. The van der Waals surface area contributed by atoms with Crippen LogP contribution in [-0.4, -0.2) is 21.8 Å². The molecule has 6 nitrogen and oxygen atoms in total. The van der Waals surface area contributed by atoms with Gasteiger partial charge in [-0.05, 0) is 0 Å². The lowest BCUT2D eigenvalue weighted by atomic mass is 11.8. The predicted octanol–water partition coefficient (Wildman–Crippen LogP) is -0.0387. The first-order valence-corrected chi connectivity index (χ1v) is 4.40. The molecule has 8 heteroatoms. The second kappa shape index (κ2) is 3.58. The third kappa shape index (κ3) is 4.93. The van der Waals surface area contributed by atoms with Gasteiger partial charge >= 0.3 is 16.4 Å². The SMILES string of the molecule is COP(=O)(O)OP(O)O. The molecule has 0 aliphatic carbocycles. The molecule has 0 aromatic heterocycles. The molecule has 0 aromatic rings. The van der Waals surface area contributed by atoms with Crippen LogP contribution in [0.4, 0.5) is 0 Å². The Hall–Kier alpha value is 0.460. The summed E-state index contributed by atoms with van der Waals surface area (Å²) in [5, 5.41) is 0. The third-order valence-corrected chi connectivity index (χ3v) is 2.28. The molecule has 0 amide bonds. The monoisotopic (exact) mass is 176 g/mol. The smallest absolute Gasteiger partial charge is 0.328 e. The van der Waals surface area contributed by atoms with Crippen LogP contribution in [0.5, 0.6) is 0 Å². The summed E-state index contributed by atoms with van der Waals surface area (Å²) in [6.45, 7) is 0. The minimum atomic E-state index is -4.20. The molecule has 9 heavy (non-hydrogen) atoms. The van der Waals surface area contributed by atoms with E-state index in [2.05, 4.69) is 8.83 Å². The fourth-order valence-corrected chi connectivity index (χ4v) is 1.13. The number of hydrogen-bond acceptors (Lipinski definition) is 5. The van der Waals surface area contributed by atoms with Crippen molar-refractivity contribution in [1.82, 2.24) is 0 Å². The maximum atomic E-state index is 10.2. The van der Waals surface area contributed by atoms with Crippen LogP contribution in [-0.2, 0) is 13.4 Å². The molecule has 0 aliphatic heterocycles. The summed E-state index contributed by atoms with van der Waals surface area (Å²) in [6.07, 6.45) is 0. The zero-order valence-electron chi connectivity index (χ0n) is 4.46. The van der Waals surface area contributed by atoms with Gasteiger partial charge in [-0.15, -0.1) is 0 Å². The summed E-state index contributed by atoms with van der Waals surface area (Å²) in [5.41, 5.74) is 0. The molecule has 0 saturated carbocycles. The van der Waals surface area contributed by atoms with Gasteiger partial charge in [0, 0.05) is 7.11 Å². The van der Waals surface area contributed by atoms with Crippen molar-refractivity contribution in [1.29, 1.82) is 0 Å². The maximum absolute atomic E-state index is 10.2. The Morgan fingerprint density at radius 1 is 1.56 bits per heavy atom. The third-order valence-electron chi connectivity index (χ3n) is 0.407. The molecular formula is CH6O6P2. The summed E-state index contributed by atoms with van der Waals surface area (Å²) in [7, 11) is -6.12. The molecule has 0 rings (SSSR count). The number of hydrogen-bond donors (Lipinski definition) is 3. The zero-order valence-corrected chi connectivity index (χ0v) is 6.25. The molecule has 0 heterocycles. The summed E-state index contributed by atoms with van der Waals surface area (Å²) in [5.74, 6) is 0. The second-order valence-electron chi connectivity index (χ2n) is 0.986. The van der Waals surface area contributed by atoms with Gasteiger partial charge in [0.1, 0.15) is 0 Å². The zero-order chi connectivity index (χ0) is 7.49. The summed E-state index contributed by atoms with van der Waals surface area (Å²) >= 11 is 0. The topological polar surface area (TPSA) is 96.2 Å². The van der Waals surface area contributed by atoms with Gasteiger partial charge in [0.2, 0.25) is 0 Å². The van der Waals surface area contributed by atoms with Crippen molar-refractivity contribution < 1.29 is 28.1 Å². The van der Waals surface area contributed by atoms with Crippen LogP contribution in [0.2, 0.25) is 0 Å². The molecular weight excluding hydrogens is 170 g/mol. The fraction of sp³-hybridized carbons (Fsp3) is 1.00. The fourth-order valence-electron chi connectivity index (χ4n) is 0.126. The van der Waals surface area contributed by atoms with Crippen LogP contribution in [0.3, 0.4) is 0 Å². The lowest BCUT2D eigenvalue weighted by Gasteiger charge is -2.07. The van der Waals surface area contributed by atoms with Gasteiger partial charge < -0.3 is 14.7 Å². The van der Waals surface area contributed by atoms with Gasteiger partial charge in [-0.1, -0.05) is 0 Å². The molecule has 1 atom stereocenters. The maximum Gasteiger partial charge on any atom is 0.478 e. The molecule has 0 fully saturated rings. The lowest BCUT2D eigenvalue weighted by Crippen LogP contribution is -1.85. The molecule has 1 unspecified atom stereocenters. The quantitative estimate of drug-likeness (QED) is 0.522. The van der Waals surface area contributed by atoms with Crippen LogP contribution in [0, 0.1) is 0 Å².